The largest absolute Gasteiger partial charge is 0.304 e. The van der Waals surface area contributed by atoms with Crippen LogP contribution in [0.25, 0.3) is 0 Å². The van der Waals surface area contributed by atoms with Gasteiger partial charge in [-0.25, -0.2) is 12.8 Å². The minimum Gasteiger partial charge on any atom is -0.304 e. The maximum absolute atomic E-state index is 13.5. The molecule has 26 heavy (non-hydrogen) atoms. The Hall–Kier alpha value is -1.80. The van der Waals surface area contributed by atoms with Crippen LogP contribution in [0.1, 0.15) is 32.6 Å². The van der Waals surface area contributed by atoms with Gasteiger partial charge in [-0.15, -0.1) is 0 Å². The third kappa shape index (κ3) is 3.40. The first-order valence-electron chi connectivity index (χ1n) is 8.73. The predicted octanol–water partition coefficient (Wildman–Crippen LogP) is 2.46. The summed E-state index contributed by atoms with van der Waals surface area (Å²) in [5.74, 6) is -0.429. The molecule has 8 heteroatoms. The summed E-state index contributed by atoms with van der Waals surface area (Å²) in [7, 11) is -2.17. The quantitative estimate of drug-likeness (QED) is 0.873. The molecule has 2 fully saturated rings. The highest BCUT2D eigenvalue weighted by Crippen LogP contribution is 2.44. The summed E-state index contributed by atoms with van der Waals surface area (Å²) >= 11 is 0. The molecular weight excluding hydrogens is 357 g/mol. The number of amides is 1. The number of hydrogen-bond donors (Lipinski definition) is 1. The van der Waals surface area contributed by atoms with Crippen molar-refractivity contribution in [3.63, 3.8) is 0 Å². The topological polar surface area (TPSA) is 81.5 Å². The number of nitrogens with zero attached hydrogens (tertiary/aromatic N) is 2. The van der Waals surface area contributed by atoms with E-state index in [4.69, 9.17) is 5.41 Å². The van der Waals surface area contributed by atoms with Gasteiger partial charge in [0, 0.05) is 33.0 Å². The highest BCUT2D eigenvalue weighted by Gasteiger charge is 2.45. The number of halogens is 1. The Morgan fingerprint density at radius 3 is 2.69 bits per heavy atom. The van der Waals surface area contributed by atoms with Crippen LogP contribution in [0.3, 0.4) is 0 Å². The number of hydrogen-bond acceptors (Lipinski definition) is 4. The van der Waals surface area contributed by atoms with Crippen LogP contribution in [0.4, 0.5) is 4.39 Å². The number of carbonyl (C=O) groups is 1. The zero-order valence-electron chi connectivity index (χ0n) is 15.0. The predicted molar refractivity (Wildman–Crippen MR) is 95.7 cm³/mol. The molecule has 1 aromatic rings. The molecule has 2 aliphatic heterocycles. The molecule has 0 aromatic heterocycles. The number of sulfonamides is 1. The number of piperidine rings is 2. The van der Waals surface area contributed by atoms with Crippen molar-refractivity contribution in [2.24, 2.45) is 11.3 Å². The summed E-state index contributed by atoms with van der Waals surface area (Å²) in [6.07, 6.45) is 2.26. The molecule has 2 heterocycles. The summed E-state index contributed by atoms with van der Waals surface area (Å²) in [5, 5.41) is 8.06. The van der Waals surface area contributed by atoms with Crippen molar-refractivity contribution in [2.75, 3.05) is 20.1 Å². The monoisotopic (exact) mass is 381 g/mol. The van der Waals surface area contributed by atoms with Crippen LogP contribution in [0.5, 0.6) is 0 Å². The van der Waals surface area contributed by atoms with E-state index in [1.54, 1.807) is 7.05 Å². The second-order valence-electron chi connectivity index (χ2n) is 7.57. The SMILES string of the molecule is CN1C(=N)C[C@](C)(C2CCCN(S(=O)(=O)c3cccc(F)c3)C2)CC1=O. The summed E-state index contributed by atoms with van der Waals surface area (Å²) < 4.78 is 40.7. The van der Waals surface area contributed by atoms with Crippen molar-refractivity contribution < 1.29 is 17.6 Å². The molecule has 1 amide bonds. The van der Waals surface area contributed by atoms with Crippen LogP contribution in [0.15, 0.2) is 29.2 Å². The molecule has 3 rings (SSSR count). The minimum atomic E-state index is -3.78. The lowest BCUT2D eigenvalue weighted by atomic mass is 9.67. The molecule has 142 valence electrons. The van der Waals surface area contributed by atoms with E-state index >= 15 is 0 Å². The molecular formula is C18H24FN3O3S. The van der Waals surface area contributed by atoms with Gasteiger partial charge in [0.15, 0.2) is 0 Å². The van der Waals surface area contributed by atoms with Crippen LogP contribution in [-0.4, -0.2) is 49.5 Å². The van der Waals surface area contributed by atoms with E-state index in [-0.39, 0.29) is 22.6 Å². The van der Waals surface area contributed by atoms with Gasteiger partial charge in [0.2, 0.25) is 15.9 Å². The summed E-state index contributed by atoms with van der Waals surface area (Å²) in [4.78, 5) is 13.5. The molecule has 0 saturated carbocycles. The van der Waals surface area contributed by atoms with E-state index in [0.29, 0.717) is 32.4 Å². The van der Waals surface area contributed by atoms with Crippen LogP contribution < -0.4 is 0 Å². The Labute approximate surface area is 153 Å². The van der Waals surface area contributed by atoms with Gasteiger partial charge < -0.3 is 4.90 Å². The van der Waals surface area contributed by atoms with Crippen molar-refractivity contribution in [2.45, 2.75) is 37.5 Å². The van der Waals surface area contributed by atoms with E-state index in [1.165, 1.54) is 27.4 Å². The first-order valence-corrected chi connectivity index (χ1v) is 10.2. The number of rotatable bonds is 3. The van der Waals surface area contributed by atoms with Crippen molar-refractivity contribution in [1.82, 2.24) is 9.21 Å². The van der Waals surface area contributed by atoms with Gasteiger partial charge in [-0.2, -0.15) is 4.31 Å². The summed E-state index contributed by atoms with van der Waals surface area (Å²) in [6, 6.07) is 5.05. The average molecular weight is 381 g/mol. The smallest absolute Gasteiger partial charge is 0.243 e. The van der Waals surface area contributed by atoms with E-state index in [9.17, 15) is 17.6 Å². The first-order chi connectivity index (χ1) is 12.1. The van der Waals surface area contributed by atoms with Crippen molar-refractivity contribution in [3.8, 4) is 0 Å². The van der Waals surface area contributed by atoms with Crippen LogP contribution in [0, 0.1) is 22.6 Å². The number of carbonyl (C=O) groups excluding carboxylic acids is 1. The van der Waals surface area contributed by atoms with Crippen molar-refractivity contribution in [3.05, 3.63) is 30.1 Å². The molecule has 6 nitrogen and oxygen atoms in total. The molecule has 1 N–H and O–H groups in total. The van der Waals surface area contributed by atoms with Crippen LogP contribution in [-0.2, 0) is 14.8 Å². The lowest BCUT2D eigenvalue weighted by Gasteiger charge is -2.46. The van der Waals surface area contributed by atoms with Crippen molar-refractivity contribution in [1.29, 1.82) is 5.41 Å². The highest BCUT2D eigenvalue weighted by molar-refractivity contribution is 7.89. The Balaban J connectivity index is 1.83. The van der Waals surface area contributed by atoms with Crippen LogP contribution >= 0.6 is 0 Å². The fourth-order valence-electron chi connectivity index (χ4n) is 3.97. The summed E-state index contributed by atoms with van der Waals surface area (Å²) in [5.41, 5.74) is -0.434. The van der Waals surface area contributed by atoms with Gasteiger partial charge in [-0.05, 0) is 42.4 Å². The van der Waals surface area contributed by atoms with E-state index < -0.39 is 21.3 Å². The van der Waals surface area contributed by atoms with E-state index in [2.05, 4.69) is 0 Å². The number of nitrogens with one attached hydrogen (secondary N) is 1. The zero-order chi connectivity index (χ0) is 19.1. The van der Waals surface area contributed by atoms with E-state index in [0.717, 1.165) is 12.5 Å². The fourth-order valence-corrected chi connectivity index (χ4v) is 5.53. The summed E-state index contributed by atoms with van der Waals surface area (Å²) in [6.45, 7) is 2.64. The second kappa shape index (κ2) is 6.74. The zero-order valence-corrected chi connectivity index (χ0v) is 15.9. The minimum absolute atomic E-state index is 0.0161. The third-order valence-corrected chi connectivity index (χ3v) is 7.57. The number of amidine groups is 1. The van der Waals surface area contributed by atoms with Crippen LogP contribution in [0.2, 0.25) is 0 Å². The normalized spacial score (nSPS) is 28.4. The molecule has 1 unspecified atom stereocenters. The lowest BCUT2D eigenvalue weighted by Crippen LogP contribution is -2.51. The molecule has 1 aromatic carbocycles. The second-order valence-corrected chi connectivity index (χ2v) is 9.50. The standard InChI is InChI=1S/C18H24FN3O3S/c1-18(10-16(20)21(2)17(23)11-18)13-5-4-8-22(12-13)26(24,25)15-7-3-6-14(19)9-15/h3,6-7,9,13,20H,4-5,8,10-12H2,1-2H3/t13?,18-/m0/s1. The maximum Gasteiger partial charge on any atom is 0.243 e. The molecule has 0 bridgehead atoms. The Kier molecular flexibility index (Phi) is 4.92. The molecule has 2 saturated heterocycles. The van der Waals surface area contributed by atoms with Gasteiger partial charge in [0.1, 0.15) is 11.7 Å². The van der Waals surface area contributed by atoms with Gasteiger partial charge >= 0.3 is 0 Å². The van der Waals surface area contributed by atoms with Gasteiger partial charge in [0.25, 0.3) is 0 Å². The molecule has 2 aliphatic rings. The average Bonchev–Trinajstić information content (AvgIpc) is 2.60. The fraction of sp³-hybridized carbons (Fsp3) is 0.556. The first kappa shape index (κ1) is 19.0. The molecule has 2 atom stereocenters. The van der Waals surface area contributed by atoms with Gasteiger partial charge in [-0.3, -0.25) is 10.2 Å². The Morgan fingerprint density at radius 1 is 1.31 bits per heavy atom. The Morgan fingerprint density at radius 2 is 2.04 bits per heavy atom. The number of likely N-dealkylation sites (tertiary alicyclic amines) is 1. The molecule has 0 spiro atoms. The number of benzene rings is 1. The van der Waals surface area contributed by atoms with Gasteiger partial charge in [0.05, 0.1) is 4.90 Å². The van der Waals surface area contributed by atoms with Gasteiger partial charge in [-0.1, -0.05) is 13.0 Å². The third-order valence-electron chi connectivity index (χ3n) is 5.71. The molecule has 0 radical (unpaired) electrons. The maximum atomic E-state index is 13.5. The van der Waals surface area contributed by atoms with Crippen molar-refractivity contribution >= 4 is 21.8 Å². The highest BCUT2D eigenvalue weighted by atomic mass is 32.2. The lowest BCUT2D eigenvalue weighted by molar-refractivity contribution is -0.131. The Bertz CT molecular complexity index is 822. The molecule has 0 aliphatic carbocycles. The van der Waals surface area contributed by atoms with E-state index in [1.807, 2.05) is 6.92 Å².